The van der Waals surface area contributed by atoms with Gasteiger partial charge in [-0.25, -0.2) is 4.39 Å². The Labute approximate surface area is 148 Å². The summed E-state index contributed by atoms with van der Waals surface area (Å²) < 4.78 is 20.9. The van der Waals surface area contributed by atoms with Crippen molar-refractivity contribution in [2.45, 2.75) is 13.5 Å². The number of halogens is 1. The first-order chi connectivity index (χ1) is 12.6. The maximum Gasteiger partial charge on any atom is 0.247 e. The number of benzene rings is 2. The number of nitrogens with one attached hydrogen (secondary N) is 1. The first-order valence-corrected chi connectivity index (χ1v) is 8.04. The normalized spacial score (nSPS) is 11.0. The van der Waals surface area contributed by atoms with Crippen molar-refractivity contribution in [3.05, 3.63) is 66.4 Å². The molecule has 1 N–H and O–H groups in total. The molecule has 26 heavy (non-hydrogen) atoms. The zero-order valence-corrected chi connectivity index (χ0v) is 13.9. The zero-order valence-electron chi connectivity index (χ0n) is 13.9. The van der Waals surface area contributed by atoms with Crippen molar-refractivity contribution < 1.29 is 13.6 Å². The van der Waals surface area contributed by atoms with Crippen LogP contribution in [0.15, 0.2) is 59.1 Å². The number of anilines is 1. The Balaban J connectivity index is 1.60. The molecule has 0 atom stereocenters. The van der Waals surface area contributed by atoms with E-state index in [9.17, 15) is 9.18 Å². The van der Waals surface area contributed by atoms with Crippen LogP contribution >= 0.6 is 0 Å². The van der Waals surface area contributed by atoms with Crippen LogP contribution in [0.1, 0.15) is 5.89 Å². The molecule has 0 spiro atoms. The van der Waals surface area contributed by atoms with Crippen molar-refractivity contribution in [1.82, 2.24) is 14.8 Å². The summed E-state index contributed by atoms with van der Waals surface area (Å²) in [6, 6.07) is 13.7. The fourth-order valence-electron chi connectivity index (χ4n) is 2.78. The highest BCUT2D eigenvalue weighted by molar-refractivity contribution is 5.92. The van der Waals surface area contributed by atoms with Gasteiger partial charge in [0.2, 0.25) is 17.7 Å². The van der Waals surface area contributed by atoms with Gasteiger partial charge < -0.3 is 14.3 Å². The molecular weight excluding hydrogens is 335 g/mol. The summed E-state index contributed by atoms with van der Waals surface area (Å²) >= 11 is 0. The van der Waals surface area contributed by atoms with Gasteiger partial charge in [0, 0.05) is 24.2 Å². The molecule has 4 rings (SSSR count). The van der Waals surface area contributed by atoms with E-state index >= 15 is 0 Å². The number of hydrogen-bond donors (Lipinski definition) is 1. The molecule has 4 aromatic rings. The van der Waals surface area contributed by atoms with Crippen molar-refractivity contribution in [3.63, 3.8) is 0 Å². The van der Waals surface area contributed by atoms with Gasteiger partial charge in [-0.3, -0.25) is 4.79 Å². The Hall–Kier alpha value is -3.48. The lowest BCUT2D eigenvalue weighted by molar-refractivity contribution is -0.116. The molecule has 0 aliphatic heterocycles. The number of aryl methyl sites for hydroxylation is 1. The highest BCUT2D eigenvalue weighted by Crippen LogP contribution is 2.24. The minimum atomic E-state index is -0.465. The summed E-state index contributed by atoms with van der Waals surface area (Å²) in [5, 5.41) is 11.4. The van der Waals surface area contributed by atoms with Gasteiger partial charge in [-0.1, -0.05) is 18.2 Å². The first-order valence-electron chi connectivity index (χ1n) is 8.04. The molecule has 2 aromatic carbocycles. The van der Waals surface area contributed by atoms with E-state index in [-0.39, 0.29) is 18.1 Å². The molecule has 0 fully saturated rings. The van der Waals surface area contributed by atoms with E-state index < -0.39 is 5.82 Å². The second-order valence-corrected chi connectivity index (χ2v) is 5.87. The van der Waals surface area contributed by atoms with E-state index in [1.54, 1.807) is 23.6 Å². The number of nitrogens with zero attached hydrogens (tertiary/aromatic N) is 3. The number of fused-ring (bicyclic) bond motifs is 1. The van der Waals surface area contributed by atoms with Crippen molar-refractivity contribution in [1.29, 1.82) is 0 Å². The summed E-state index contributed by atoms with van der Waals surface area (Å²) in [7, 11) is 0. The molecule has 1 amide bonds. The summed E-state index contributed by atoms with van der Waals surface area (Å²) in [6.07, 6.45) is 1.81. The third-order valence-electron chi connectivity index (χ3n) is 4.01. The fraction of sp³-hybridized carbons (Fsp3) is 0.105. The molecule has 2 aromatic heterocycles. The van der Waals surface area contributed by atoms with E-state index in [0.717, 1.165) is 16.5 Å². The molecule has 130 valence electrons. The molecule has 0 aliphatic rings. The number of rotatable bonds is 4. The number of amides is 1. The number of para-hydroxylation sites is 1. The van der Waals surface area contributed by atoms with Crippen LogP contribution in [0.3, 0.4) is 0 Å². The van der Waals surface area contributed by atoms with Crippen LogP contribution in [0.25, 0.3) is 22.4 Å². The van der Waals surface area contributed by atoms with Crippen molar-refractivity contribution in [2.75, 3.05) is 5.32 Å². The monoisotopic (exact) mass is 350 g/mol. The standard InChI is InChI=1S/C19H15FN4O2/c1-12-22-23-19(26-12)14-7-6-13-8-9-24(17(13)10-14)11-18(25)21-16-5-3-2-4-15(16)20/h2-10H,11H2,1H3,(H,21,25). The highest BCUT2D eigenvalue weighted by Gasteiger charge is 2.12. The maximum atomic E-state index is 13.7. The fourth-order valence-corrected chi connectivity index (χ4v) is 2.78. The average Bonchev–Trinajstić information content (AvgIpc) is 3.23. The average molecular weight is 350 g/mol. The second kappa shape index (κ2) is 6.44. The van der Waals surface area contributed by atoms with Gasteiger partial charge in [0.05, 0.1) is 5.69 Å². The van der Waals surface area contributed by atoms with E-state index in [1.165, 1.54) is 12.1 Å². The Morgan fingerprint density at radius 2 is 2.04 bits per heavy atom. The van der Waals surface area contributed by atoms with Crippen molar-refractivity contribution >= 4 is 22.5 Å². The number of hydrogen-bond acceptors (Lipinski definition) is 4. The Morgan fingerprint density at radius 3 is 2.81 bits per heavy atom. The molecular formula is C19H15FN4O2. The summed E-state index contributed by atoms with van der Waals surface area (Å²) in [6.45, 7) is 1.79. The van der Waals surface area contributed by atoms with E-state index in [0.29, 0.717) is 11.8 Å². The molecule has 0 saturated heterocycles. The lowest BCUT2D eigenvalue weighted by Crippen LogP contribution is -2.18. The molecule has 0 saturated carbocycles. The molecule has 0 bridgehead atoms. The van der Waals surface area contributed by atoms with Crippen LogP contribution in [0.4, 0.5) is 10.1 Å². The van der Waals surface area contributed by atoms with Gasteiger partial charge in [0.15, 0.2) is 0 Å². The largest absolute Gasteiger partial charge is 0.421 e. The number of carbonyl (C=O) groups excluding carboxylic acids is 1. The van der Waals surface area contributed by atoms with E-state index in [2.05, 4.69) is 15.5 Å². The Bertz CT molecular complexity index is 1100. The third kappa shape index (κ3) is 3.06. The molecule has 0 radical (unpaired) electrons. The number of carbonyl (C=O) groups is 1. The summed E-state index contributed by atoms with van der Waals surface area (Å²) in [4.78, 5) is 12.3. The SMILES string of the molecule is Cc1nnc(-c2ccc3ccn(CC(=O)Nc4ccccc4F)c3c2)o1. The van der Waals surface area contributed by atoms with Crippen LogP contribution in [0.5, 0.6) is 0 Å². The lowest BCUT2D eigenvalue weighted by Gasteiger charge is -2.08. The van der Waals surface area contributed by atoms with Gasteiger partial charge in [0.25, 0.3) is 0 Å². The summed E-state index contributed by atoms with van der Waals surface area (Å²) in [5.41, 5.74) is 1.78. The van der Waals surface area contributed by atoms with Gasteiger partial charge in [-0.15, -0.1) is 10.2 Å². The topological polar surface area (TPSA) is 73.0 Å². The van der Waals surface area contributed by atoms with Crippen LogP contribution in [0, 0.1) is 12.7 Å². The predicted molar refractivity (Wildman–Crippen MR) is 95.0 cm³/mol. The van der Waals surface area contributed by atoms with Crippen molar-refractivity contribution in [2.24, 2.45) is 0 Å². The highest BCUT2D eigenvalue weighted by atomic mass is 19.1. The van der Waals surface area contributed by atoms with E-state index in [1.807, 2.05) is 30.5 Å². The molecule has 2 heterocycles. The Morgan fingerprint density at radius 1 is 1.19 bits per heavy atom. The predicted octanol–water partition coefficient (Wildman–Crippen LogP) is 3.78. The van der Waals surface area contributed by atoms with Crippen molar-refractivity contribution in [3.8, 4) is 11.5 Å². The minimum Gasteiger partial charge on any atom is -0.421 e. The first kappa shape index (κ1) is 16.0. The van der Waals surface area contributed by atoms with Gasteiger partial charge in [0.1, 0.15) is 12.4 Å². The summed E-state index contributed by atoms with van der Waals surface area (Å²) in [5.74, 6) is 0.131. The van der Waals surface area contributed by atoms with Crippen LogP contribution in [0.2, 0.25) is 0 Å². The van der Waals surface area contributed by atoms with Gasteiger partial charge >= 0.3 is 0 Å². The quantitative estimate of drug-likeness (QED) is 0.608. The molecule has 0 unspecified atom stereocenters. The minimum absolute atomic E-state index is 0.0597. The lowest BCUT2D eigenvalue weighted by atomic mass is 10.1. The van der Waals surface area contributed by atoms with E-state index in [4.69, 9.17) is 4.42 Å². The smallest absolute Gasteiger partial charge is 0.247 e. The van der Waals surface area contributed by atoms with Crippen LogP contribution in [-0.2, 0) is 11.3 Å². The Kier molecular flexibility index (Phi) is 3.96. The van der Waals surface area contributed by atoms with Crippen LogP contribution in [-0.4, -0.2) is 20.7 Å². The maximum absolute atomic E-state index is 13.7. The van der Waals surface area contributed by atoms with Gasteiger partial charge in [-0.2, -0.15) is 0 Å². The molecule has 6 nitrogen and oxygen atoms in total. The molecule has 0 aliphatic carbocycles. The molecule has 7 heteroatoms. The van der Waals surface area contributed by atoms with Crippen LogP contribution < -0.4 is 5.32 Å². The third-order valence-corrected chi connectivity index (χ3v) is 4.01. The number of aromatic nitrogens is 3. The van der Waals surface area contributed by atoms with Gasteiger partial charge in [-0.05, 0) is 35.7 Å². The second-order valence-electron chi connectivity index (χ2n) is 5.87. The zero-order chi connectivity index (χ0) is 18.1.